The molecule has 2 aromatic carbocycles. The quantitative estimate of drug-likeness (QED) is 0.612. The Morgan fingerprint density at radius 3 is 2.54 bits per heavy atom. The van der Waals surface area contributed by atoms with Crippen LogP contribution in [0.25, 0.3) is 0 Å². The van der Waals surface area contributed by atoms with Gasteiger partial charge in [-0.1, -0.05) is 29.8 Å². The molecule has 1 aromatic heterocycles. The molecule has 0 saturated carbocycles. The number of nitrogens with one attached hydrogen (secondary N) is 3. The molecule has 0 bridgehead atoms. The van der Waals surface area contributed by atoms with Crippen LogP contribution in [0.4, 0.5) is 23.1 Å². The molecule has 8 heteroatoms. The summed E-state index contributed by atoms with van der Waals surface area (Å²) in [7, 11) is 0. The number of amides is 1. The Labute approximate surface area is 155 Å². The van der Waals surface area contributed by atoms with Gasteiger partial charge < -0.3 is 16.0 Å². The van der Waals surface area contributed by atoms with Gasteiger partial charge in [-0.25, -0.2) is 0 Å². The summed E-state index contributed by atoms with van der Waals surface area (Å²) < 4.78 is 0. The third kappa shape index (κ3) is 4.90. The summed E-state index contributed by atoms with van der Waals surface area (Å²) in [6, 6.07) is 14.8. The summed E-state index contributed by atoms with van der Waals surface area (Å²) >= 11 is 6.15. The van der Waals surface area contributed by atoms with Crippen molar-refractivity contribution in [2.45, 2.75) is 13.5 Å². The van der Waals surface area contributed by atoms with E-state index < -0.39 is 0 Å². The Kier molecular flexibility index (Phi) is 5.60. The Hall–Kier alpha value is -3.19. The van der Waals surface area contributed by atoms with Crippen molar-refractivity contribution in [3.05, 3.63) is 65.3 Å². The minimum atomic E-state index is -0.115. The number of rotatable bonds is 6. The number of carbonyl (C=O) groups excluding carboxylic acids is 1. The molecule has 1 heterocycles. The van der Waals surface area contributed by atoms with Gasteiger partial charge in [0.2, 0.25) is 11.9 Å². The van der Waals surface area contributed by atoms with Gasteiger partial charge in [-0.15, -0.1) is 5.10 Å². The molecule has 0 aliphatic heterocycles. The minimum Gasteiger partial charge on any atom is -0.364 e. The molecule has 3 N–H and O–H groups in total. The smallest absolute Gasteiger partial charge is 0.249 e. The summed E-state index contributed by atoms with van der Waals surface area (Å²) in [5.74, 6) is 0.828. The lowest BCUT2D eigenvalue weighted by molar-refractivity contribution is -0.114. The molecule has 7 nitrogen and oxygen atoms in total. The van der Waals surface area contributed by atoms with Crippen LogP contribution in [0.1, 0.15) is 12.5 Å². The average molecular weight is 369 g/mol. The Balaban J connectivity index is 1.63. The summed E-state index contributed by atoms with van der Waals surface area (Å²) in [4.78, 5) is 15.4. The molecule has 0 saturated heterocycles. The van der Waals surface area contributed by atoms with E-state index in [4.69, 9.17) is 11.6 Å². The second-order valence-corrected chi connectivity index (χ2v) is 5.90. The first-order chi connectivity index (χ1) is 12.6. The molecule has 0 spiro atoms. The largest absolute Gasteiger partial charge is 0.364 e. The van der Waals surface area contributed by atoms with Crippen molar-refractivity contribution in [3.8, 4) is 0 Å². The zero-order chi connectivity index (χ0) is 18.4. The van der Waals surface area contributed by atoms with Gasteiger partial charge in [-0.2, -0.15) is 10.1 Å². The Morgan fingerprint density at radius 1 is 1.08 bits per heavy atom. The summed E-state index contributed by atoms with van der Waals surface area (Å²) in [6.45, 7) is 2.00. The monoisotopic (exact) mass is 368 g/mol. The van der Waals surface area contributed by atoms with Gasteiger partial charge in [0.25, 0.3) is 0 Å². The fourth-order valence-corrected chi connectivity index (χ4v) is 2.44. The third-order valence-electron chi connectivity index (χ3n) is 3.44. The molecule has 0 fully saturated rings. The van der Waals surface area contributed by atoms with E-state index in [1.165, 1.54) is 6.92 Å². The lowest BCUT2D eigenvalue weighted by atomic mass is 10.2. The zero-order valence-electron chi connectivity index (χ0n) is 14.0. The number of halogens is 1. The van der Waals surface area contributed by atoms with Gasteiger partial charge in [0, 0.05) is 29.9 Å². The van der Waals surface area contributed by atoms with Gasteiger partial charge in [0.05, 0.1) is 6.20 Å². The SMILES string of the molecule is CC(=O)Nc1ccc(Nc2nncc(NCc3ccccc3Cl)n2)cc1. The molecule has 0 radical (unpaired) electrons. The van der Waals surface area contributed by atoms with Crippen molar-refractivity contribution in [1.29, 1.82) is 0 Å². The number of hydrogen-bond acceptors (Lipinski definition) is 6. The van der Waals surface area contributed by atoms with Gasteiger partial charge in [0.1, 0.15) is 0 Å². The van der Waals surface area contributed by atoms with Crippen LogP contribution < -0.4 is 16.0 Å². The molecule has 0 aliphatic carbocycles. The molecular weight excluding hydrogens is 352 g/mol. The number of aromatic nitrogens is 3. The van der Waals surface area contributed by atoms with E-state index in [0.717, 1.165) is 16.9 Å². The molecule has 3 aromatic rings. The summed E-state index contributed by atoms with van der Waals surface area (Å²) in [6.07, 6.45) is 1.54. The molecular formula is C18H17ClN6O. The van der Waals surface area contributed by atoms with Crippen molar-refractivity contribution < 1.29 is 4.79 Å². The van der Waals surface area contributed by atoms with Crippen LogP contribution >= 0.6 is 11.6 Å². The summed E-state index contributed by atoms with van der Waals surface area (Å²) in [5.41, 5.74) is 2.47. The van der Waals surface area contributed by atoms with E-state index in [1.54, 1.807) is 18.3 Å². The topological polar surface area (TPSA) is 91.8 Å². The second kappa shape index (κ2) is 8.26. The van der Waals surface area contributed by atoms with Crippen LogP contribution in [0.15, 0.2) is 54.7 Å². The highest BCUT2D eigenvalue weighted by atomic mass is 35.5. The van der Waals surface area contributed by atoms with Crippen molar-refractivity contribution in [2.24, 2.45) is 0 Å². The Morgan fingerprint density at radius 2 is 1.81 bits per heavy atom. The minimum absolute atomic E-state index is 0.115. The molecule has 0 atom stereocenters. The average Bonchev–Trinajstić information content (AvgIpc) is 2.63. The first kappa shape index (κ1) is 17.6. The predicted octanol–water partition coefficient (Wildman–Crippen LogP) is 3.84. The summed E-state index contributed by atoms with van der Waals surface area (Å²) in [5, 5.41) is 17.6. The highest BCUT2D eigenvalue weighted by molar-refractivity contribution is 6.31. The maximum atomic E-state index is 11.0. The van der Waals surface area contributed by atoms with Crippen molar-refractivity contribution in [3.63, 3.8) is 0 Å². The van der Waals surface area contributed by atoms with E-state index in [9.17, 15) is 4.79 Å². The number of nitrogens with zero attached hydrogens (tertiary/aromatic N) is 3. The maximum Gasteiger partial charge on any atom is 0.249 e. The fourth-order valence-electron chi connectivity index (χ4n) is 2.24. The standard InChI is InChI=1S/C18H17ClN6O/c1-12(26)22-14-6-8-15(9-7-14)23-18-24-17(11-21-25-18)20-10-13-4-2-3-5-16(13)19/h2-9,11H,10H2,1H3,(H,22,26)(H2,20,23,24,25). The fraction of sp³-hybridized carbons (Fsp3) is 0.111. The van der Waals surface area contributed by atoms with Crippen LogP contribution in [-0.4, -0.2) is 21.1 Å². The molecule has 0 unspecified atom stereocenters. The van der Waals surface area contributed by atoms with Crippen molar-refractivity contribution in [2.75, 3.05) is 16.0 Å². The van der Waals surface area contributed by atoms with E-state index in [2.05, 4.69) is 31.1 Å². The number of hydrogen-bond donors (Lipinski definition) is 3. The van der Waals surface area contributed by atoms with Crippen LogP contribution in [0.2, 0.25) is 5.02 Å². The number of anilines is 4. The normalized spacial score (nSPS) is 10.2. The van der Waals surface area contributed by atoms with Gasteiger partial charge in [0.15, 0.2) is 5.82 Å². The molecule has 26 heavy (non-hydrogen) atoms. The number of carbonyl (C=O) groups is 1. The highest BCUT2D eigenvalue weighted by Crippen LogP contribution is 2.18. The van der Waals surface area contributed by atoms with Crippen LogP contribution in [0.5, 0.6) is 0 Å². The lowest BCUT2D eigenvalue weighted by Crippen LogP contribution is -2.06. The third-order valence-corrected chi connectivity index (χ3v) is 3.81. The van der Waals surface area contributed by atoms with Crippen LogP contribution in [-0.2, 0) is 11.3 Å². The molecule has 132 valence electrons. The first-order valence-corrected chi connectivity index (χ1v) is 8.29. The van der Waals surface area contributed by atoms with Crippen molar-refractivity contribution >= 4 is 40.6 Å². The van der Waals surface area contributed by atoms with Crippen LogP contribution in [0, 0.1) is 0 Å². The molecule has 3 rings (SSSR count). The molecule has 0 aliphatic rings. The van der Waals surface area contributed by atoms with Gasteiger partial charge in [-0.3, -0.25) is 4.79 Å². The predicted molar refractivity (Wildman–Crippen MR) is 103 cm³/mol. The highest BCUT2D eigenvalue weighted by Gasteiger charge is 2.04. The van der Waals surface area contributed by atoms with Crippen LogP contribution in [0.3, 0.4) is 0 Å². The van der Waals surface area contributed by atoms with E-state index >= 15 is 0 Å². The lowest BCUT2D eigenvalue weighted by Gasteiger charge is -2.09. The zero-order valence-corrected chi connectivity index (χ0v) is 14.8. The number of benzene rings is 2. The van der Waals surface area contributed by atoms with E-state index in [0.29, 0.717) is 23.3 Å². The van der Waals surface area contributed by atoms with Gasteiger partial charge >= 0.3 is 0 Å². The molecule has 1 amide bonds. The van der Waals surface area contributed by atoms with E-state index in [-0.39, 0.29) is 5.91 Å². The van der Waals surface area contributed by atoms with Gasteiger partial charge in [-0.05, 0) is 35.9 Å². The van der Waals surface area contributed by atoms with E-state index in [1.807, 2.05) is 36.4 Å². The first-order valence-electron chi connectivity index (χ1n) is 7.92. The second-order valence-electron chi connectivity index (χ2n) is 5.49. The Bertz CT molecular complexity index is 900. The maximum absolute atomic E-state index is 11.0. The van der Waals surface area contributed by atoms with Crippen molar-refractivity contribution in [1.82, 2.24) is 15.2 Å².